The van der Waals surface area contributed by atoms with Crippen molar-refractivity contribution in [1.82, 2.24) is 15.3 Å². The van der Waals surface area contributed by atoms with Gasteiger partial charge in [0.15, 0.2) is 17.1 Å². The van der Waals surface area contributed by atoms with E-state index in [4.69, 9.17) is 4.63 Å². The highest BCUT2D eigenvalue weighted by molar-refractivity contribution is 6.30. The van der Waals surface area contributed by atoms with Gasteiger partial charge in [-0.25, -0.2) is 9.61 Å². The number of ketones is 2. The summed E-state index contributed by atoms with van der Waals surface area (Å²) < 4.78 is 4.83. The molecule has 0 saturated carbocycles. The molecule has 174 valence electrons. The summed E-state index contributed by atoms with van der Waals surface area (Å²) in [4.78, 5) is 42.0. The van der Waals surface area contributed by atoms with E-state index in [-0.39, 0.29) is 50.8 Å². The third kappa shape index (κ3) is 3.26. The monoisotopic (exact) mass is 478 g/mol. The Labute approximate surface area is 201 Å². The lowest BCUT2D eigenvalue weighted by molar-refractivity contribution is -0.382. The number of rotatable bonds is 5. The number of anilines is 4. The van der Waals surface area contributed by atoms with Gasteiger partial charge in [-0.2, -0.15) is 0 Å². The number of nitro groups is 1. The lowest BCUT2D eigenvalue weighted by Crippen LogP contribution is -2.22. The normalized spacial score (nSPS) is 12.2. The highest BCUT2D eigenvalue weighted by atomic mass is 16.6. The third-order valence-corrected chi connectivity index (χ3v) is 5.84. The summed E-state index contributed by atoms with van der Waals surface area (Å²) in [7, 11) is 0. The average Bonchev–Trinajstić information content (AvgIpc) is 3.37. The Morgan fingerprint density at radius 3 is 2.22 bits per heavy atom. The van der Waals surface area contributed by atoms with Crippen LogP contribution >= 0.6 is 0 Å². The van der Waals surface area contributed by atoms with Gasteiger partial charge in [0.25, 0.3) is 0 Å². The minimum absolute atomic E-state index is 0.0841. The standard InChI is InChI=1S/C25H14N6O5/c32-24-13-6-1-2-7-14(13)25(33)20-15(24)8-5-9-16(20)27-17-12-18(28-19-10-3-4-11-26-19)23(31(34)35)22-21(17)29-36-30-22/h1-12,27H,(H,26,28). The molecule has 0 spiro atoms. The molecular formula is C25H14N6O5. The van der Waals surface area contributed by atoms with Gasteiger partial charge in [-0.15, -0.1) is 0 Å². The van der Waals surface area contributed by atoms with Crippen LogP contribution in [0.4, 0.5) is 28.6 Å². The second-order valence-corrected chi connectivity index (χ2v) is 7.94. The molecule has 1 aliphatic rings. The molecule has 3 aromatic carbocycles. The number of carbonyl (C=O) groups excluding carboxylic acids is 2. The number of pyridine rings is 1. The van der Waals surface area contributed by atoms with Crippen LogP contribution in [0.2, 0.25) is 0 Å². The van der Waals surface area contributed by atoms with Crippen LogP contribution in [0.25, 0.3) is 11.0 Å². The van der Waals surface area contributed by atoms with Crippen molar-refractivity contribution in [2.45, 2.75) is 0 Å². The molecule has 0 aliphatic heterocycles. The maximum atomic E-state index is 13.4. The van der Waals surface area contributed by atoms with E-state index >= 15 is 0 Å². The minimum atomic E-state index is -0.592. The first-order chi connectivity index (χ1) is 17.5. The number of fused-ring (bicyclic) bond motifs is 3. The number of aromatic nitrogens is 3. The van der Waals surface area contributed by atoms with E-state index in [1.807, 2.05) is 0 Å². The lowest BCUT2D eigenvalue weighted by Gasteiger charge is -2.21. The van der Waals surface area contributed by atoms with Gasteiger partial charge < -0.3 is 10.6 Å². The molecule has 2 N–H and O–H groups in total. The quantitative estimate of drug-likeness (QED) is 0.261. The van der Waals surface area contributed by atoms with E-state index in [0.717, 1.165) is 0 Å². The molecule has 11 heteroatoms. The first-order valence-electron chi connectivity index (χ1n) is 10.7. The molecule has 0 radical (unpaired) electrons. The SMILES string of the molecule is O=C1c2ccccc2C(=O)c2c(Nc3cc(Nc4ccccn4)c([N+](=O)[O-])c4nonc34)cccc21. The molecule has 36 heavy (non-hydrogen) atoms. The van der Waals surface area contributed by atoms with E-state index in [9.17, 15) is 19.7 Å². The average molecular weight is 478 g/mol. The Morgan fingerprint density at radius 2 is 1.47 bits per heavy atom. The molecule has 0 fully saturated rings. The second kappa shape index (κ2) is 8.09. The predicted molar refractivity (Wildman–Crippen MR) is 129 cm³/mol. The zero-order chi connectivity index (χ0) is 24.8. The fourth-order valence-corrected chi connectivity index (χ4v) is 4.27. The number of hydrogen-bond donors (Lipinski definition) is 2. The number of benzene rings is 3. The van der Waals surface area contributed by atoms with Crippen LogP contribution in [0.5, 0.6) is 0 Å². The van der Waals surface area contributed by atoms with Crippen molar-refractivity contribution in [2.75, 3.05) is 10.6 Å². The molecule has 2 aromatic heterocycles. The van der Waals surface area contributed by atoms with Crippen molar-refractivity contribution < 1.29 is 19.1 Å². The van der Waals surface area contributed by atoms with Crippen molar-refractivity contribution in [1.29, 1.82) is 0 Å². The molecule has 0 bridgehead atoms. The first kappa shape index (κ1) is 21.1. The highest BCUT2D eigenvalue weighted by Crippen LogP contribution is 2.40. The van der Waals surface area contributed by atoms with E-state index in [1.165, 1.54) is 6.07 Å². The molecule has 6 rings (SSSR count). The van der Waals surface area contributed by atoms with Crippen LogP contribution in [-0.2, 0) is 0 Å². The molecule has 5 aromatic rings. The maximum absolute atomic E-state index is 13.4. The Hall–Kier alpha value is -5.45. The van der Waals surface area contributed by atoms with Gasteiger partial charge in [-0.3, -0.25) is 19.7 Å². The van der Waals surface area contributed by atoms with Gasteiger partial charge in [-0.05, 0) is 34.6 Å². The molecule has 11 nitrogen and oxygen atoms in total. The molecule has 1 aliphatic carbocycles. The Kier molecular flexibility index (Phi) is 4.75. The van der Waals surface area contributed by atoms with Gasteiger partial charge in [0.05, 0.1) is 21.9 Å². The third-order valence-electron chi connectivity index (χ3n) is 5.84. The van der Waals surface area contributed by atoms with E-state index in [0.29, 0.717) is 22.6 Å². The first-order valence-corrected chi connectivity index (χ1v) is 10.7. The van der Waals surface area contributed by atoms with Crippen LogP contribution in [0.15, 0.2) is 77.6 Å². The largest absolute Gasteiger partial charge is 0.353 e. The Morgan fingerprint density at radius 1 is 0.750 bits per heavy atom. The van der Waals surface area contributed by atoms with Crippen molar-refractivity contribution >= 4 is 51.2 Å². The lowest BCUT2D eigenvalue weighted by atomic mass is 9.83. The molecule has 2 heterocycles. The Balaban J connectivity index is 1.50. The van der Waals surface area contributed by atoms with Crippen molar-refractivity contribution in [3.63, 3.8) is 0 Å². The summed E-state index contributed by atoms with van der Waals surface area (Å²) in [5.74, 6) is -0.207. The summed E-state index contributed by atoms with van der Waals surface area (Å²) >= 11 is 0. The van der Waals surface area contributed by atoms with Crippen LogP contribution in [0.3, 0.4) is 0 Å². The van der Waals surface area contributed by atoms with Gasteiger partial charge in [-0.1, -0.05) is 42.5 Å². The zero-order valence-corrected chi connectivity index (χ0v) is 18.3. The van der Waals surface area contributed by atoms with Crippen molar-refractivity contribution in [2.24, 2.45) is 0 Å². The smallest absolute Gasteiger partial charge is 0.324 e. The minimum Gasteiger partial charge on any atom is -0.353 e. The summed E-state index contributed by atoms with van der Waals surface area (Å²) in [6.07, 6.45) is 1.54. The zero-order valence-electron chi connectivity index (χ0n) is 18.3. The maximum Gasteiger partial charge on any atom is 0.324 e. The Bertz CT molecular complexity index is 1710. The van der Waals surface area contributed by atoms with E-state index in [1.54, 1.807) is 66.9 Å². The number of nitrogens with zero attached hydrogens (tertiary/aromatic N) is 4. The van der Waals surface area contributed by atoms with Gasteiger partial charge in [0.1, 0.15) is 11.5 Å². The summed E-state index contributed by atoms with van der Waals surface area (Å²) in [6.45, 7) is 0. The molecule has 0 atom stereocenters. The van der Waals surface area contributed by atoms with Crippen molar-refractivity contribution in [3.8, 4) is 0 Å². The van der Waals surface area contributed by atoms with E-state index in [2.05, 4.69) is 25.9 Å². The van der Waals surface area contributed by atoms with E-state index < -0.39 is 4.92 Å². The topological polar surface area (TPSA) is 153 Å². The van der Waals surface area contributed by atoms with Gasteiger partial charge in [0, 0.05) is 22.9 Å². The molecule has 0 amide bonds. The van der Waals surface area contributed by atoms with Crippen molar-refractivity contribution in [3.05, 3.63) is 105 Å². The number of nitro benzene ring substituents is 1. The fourth-order valence-electron chi connectivity index (χ4n) is 4.27. The van der Waals surface area contributed by atoms with Crippen LogP contribution < -0.4 is 10.6 Å². The number of nitrogens with one attached hydrogen (secondary N) is 2. The van der Waals surface area contributed by atoms with Crippen LogP contribution in [-0.4, -0.2) is 31.8 Å². The fraction of sp³-hybridized carbons (Fsp3) is 0. The summed E-state index contributed by atoms with van der Waals surface area (Å²) in [6, 6.07) is 18.1. The van der Waals surface area contributed by atoms with Gasteiger partial charge in [0.2, 0.25) is 5.52 Å². The van der Waals surface area contributed by atoms with Crippen LogP contribution in [0.1, 0.15) is 31.8 Å². The highest BCUT2D eigenvalue weighted by Gasteiger charge is 2.32. The predicted octanol–water partition coefficient (Wildman–Crippen LogP) is 4.79. The second-order valence-electron chi connectivity index (χ2n) is 7.94. The summed E-state index contributed by atoms with van der Waals surface area (Å²) in [5.41, 5.74) is 1.44. The van der Waals surface area contributed by atoms with Crippen LogP contribution in [0, 0.1) is 10.1 Å². The van der Waals surface area contributed by atoms with Gasteiger partial charge >= 0.3 is 5.69 Å². The summed E-state index contributed by atoms with van der Waals surface area (Å²) in [5, 5.41) is 25.5. The molecule has 0 saturated heterocycles. The molecule has 0 unspecified atom stereocenters. The molecular weight excluding hydrogens is 464 g/mol. The number of hydrogen-bond acceptors (Lipinski definition) is 10. The number of carbonyl (C=O) groups is 2.